The van der Waals surface area contributed by atoms with Crippen LogP contribution in [0.2, 0.25) is 0 Å². The predicted octanol–water partition coefficient (Wildman–Crippen LogP) is 3.16. The van der Waals surface area contributed by atoms with E-state index >= 15 is 0 Å². The lowest BCUT2D eigenvalue weighted by Gasteiger charge is -2.34. The molecule has 1 saturated carbocycles. The molecule has 1 aromatic carbocycles. The summed E-state index contributed by atoms with van der Waals surface area (Å²) in [6, 6.07) is 8.91. The van der Waals surface area contributed by atoms with Crippen LogP contribution in [0.1, 0.15) is 37.7 Å². The average molecular weight is 187 g/mol. The van der Waals surface area contributed by atoms with E-state index in [2.05, 4.69) is 43.1 Å². The van der Waals surface area contributed by atoms with Crippen molar-refractivity contribution in [1.82, 2.24) is 0 Å². The number of fused-ring (bicyclic) bond motifs is 3. The van der Waals surface area contributed by atoms with E-state index in [1.54, 1.807) is 5.56 Å². The largest absolute Gasteiger partial charge is 0.368 e. The second kappa shape index (κ2) is 2.53. The van der Waals surface area contributed by atoms with Gasteiger partial charge in [0.15, 0.2) is 0 Å². The number of hydrogen-bond donors (Lipinski definition) is 0. The number of likely N-dealkylation sites (N-methyl/N-ethyl adjacent to an activating group) is 1. The summed E-state index contributed by atoms with van der Waals surface area (Å²) in [5.74, 6) is 0.781. The van der Waals surface area contributed by atoms with Crippen molar-refractivity contribution >= 4 is 5.69 Å². The smallest absolute Gasteiger partial charge is 0.0440 e. The van der Waals surface area contributed by atoms with E-state index < -0.39 is 0 Å². The third-order valence-electron chi connectivity index (χ3n) is 4.37. The molecule has 0 aromatic heterocycles. The van der Waals surface area contributed by atoms with Crippen molar-refractivity contribution in [2.75, 3.05) is 11.9 Å². The van der Waals surface area contributed by atoms with Crippen LogP contribution in [0.15, 0.2) is 24.3 Å². The standard InChI is InChI=1S/C13H17N/c1-13-9-5-7-11(13)10-6-3-4-8-12(10)14(13)2/h3-4,6,8,11H,5,7,9H2,1-2H3. The van der Waals surface area contributed by atoms with Gasteiger partial charge in [0.05, 0.1) is 0 Å². The van der Waals surface area contributed by atoms with Gasteiger partial charge in [-0.05, 0) is 31.4 Å². The highest BCUT2D eigenvalue weighted by Gasteiger charge is 2.48. The van der Waals surface area contributed by atoms with Gasteiger partial charge in [0.25, 0.3) is 0 Å². The first-order valence-corrected chi connectivity index (χ1v) is 5.56. The fourth-order valence-electron chi connectivity index (χ4n) is 3.40. The Kier molecular flexibility index (Phi) is 1.51. The molecular formula is C13H17N. The Bertz CT molecular complexity index is 371. The Morgan fingerprint density at radius 3 is 3.00 bits per heavy atom. The summed E-state index contributed by atoms with van der Waals surface area (Å²) in [4.78, 5) is 2.50. The molecule has 1 nitrogen and oxygen atoms in total. The molecule has 1 aliphatic carbocycles. The molecule has 2 atom stereocenters. The second-order valence-electron chi connectivity index (χ2n) is 4.92. The monoisotopic (exact) mass is 187 g/mol. The summed E-state index contributed by atoms with van der Waals surface area (Å²) >= 11 is 0. The first kappa shape index (κ1) is 8.34. The highest BCUT2D eigenvalue weighted by atomic mass is 15.2. The van der Waals surface area contributed by atoms with E-state index in [4.69, 9.17) is 0 Å². The van der Waals surface area contributed by atoms with Gasteiger partial charge in [0.1, 0.15) is 0 Å². The number of benzene rings is 1. The van der Waals surface area contributed by atoms with Crippen LogP contribution < -0.4 is 4.90 Å². The summed E-state index contributed by atoms with van der Waals surface area (Å²) < 4.78 is 0. The molecule has 2 aliphatic rings. The molecule has 0 bridgehead atoms. The molecule has 0 N–H and O–H groups in total. The lowest BCUT2D eigenvalue weighted by molar-refractivity contribution is 0.437. The van der Waals surface area contributed by atoms with Crippen molar-refractivity contribution in [2.24, 2.45) is 0 Å². The SMILES string of the molecule is CN1c2ccccc2C2CCCC21C. The van der Waals surface area contributed by atoms with E-state index in [-0.39, 0.29) is 0 Å². The van der Waals surface area contributed by atoms with Gasteiger partial charge in [-0.2, -0.15) is 0 Å². The molecule has 0 spiro atoms. The van der Waals surface area contributed by atoms with Crippen LogP contribution in [-0.4, -0.2) is 12.6 Å². The van der Waals surface area contributed by atoms with Crippen molar-refractivity contribution in [3.8, 4) is 0 Å². The molecule has 14 heavy (non-hydrogen) atoms. The van der Waals surface area contributed by atoms with Crippen LogP contribution in [0.5, 0.6) is 0 Å². The fourth-order valence-corrected chi connectivity index (χ4v) is 3.40. The van der Waals surface area contributed by atoms with Crippen molar-refractivity contribution in [3.05, 3.63) is 29.8 Å². The van der Waals surface area contributed by atoms with Crippen LogP contribution in [0.25, 0.3) is 0 Å². The molecular weight excluding hydrogens is 170 g/mol. The minimum atomic E-state index is 0.406. The van der Waals surface area contributed by atoms with Crippen LogP contribution in [0, 0.1) is 0 Å². The topological polar surface area (TPSA) is 3.24 Å². The van der Waals surface area contributed by atoms with Gasteiger partial charge in [-0.25, -0.2) is 0 Å². The van der Waals surface area contributed by atoms with E-state index in [0.29, 0.717) is 5.54 Å². The van der Waals surface area contributed by atoms with Crippen molar-refractivity contribution in [2.45, 2.75) is 37.6 Å². The zero-order valence-corrected chi connectivity index (χ0v) is 8.96. The van der Waals surface area contributed by atoms with Gasteiger partial charge in [0.2, 0.25) is 0 Å². The van der Waals surface area contributed by atoms with Gasteiger partial charge < -0.3 is 4.90 Å². The summed E-state index contributed by atoms with van der Waals surface area (Å²) in [6.07, 6.45) is 4.11. The quantitative estimate of drug-likeness (QED) is 0.603. The van der Waals surface area contributed by atoms with Gasteiger partial charge >= 0.3 is 0 Å². The fraction of sp³-hybridized carbons (Fsp3) is 0.538. The van der Waals surface area contributed by atoms with Crippen molar-refractivity contribution in [1.29, 1.82) is 0 Å². The molecule has 3 rings (SSSR count). The van der Waals surface area contributed by atoms with Gasteiger partial charge in [0, 0.05) is 24.2 Å². The van der Waals surface area contributed by atoms with E-state index in [9.17, 15) is 0 Å². The van der Waals surface area contributed by atoms with E-state index in [0.717, 1.165) is 5.92 Å². The third kappa shape index (κ3) is 0.807. The Labute approximate surface area is 85.7 Å². The van der Waals surface area contributed by atoms with Crippen LogP contribution in [0.3, 0.4) is 0 Å². The van der Waals surface area contributed by atoms with E-state index in [1.165, 1.54) is 24.9 Å². The zero-order chi connectivity index (χ0) is 9.76. The third-order valence-corrected chi connectivity index (χ3v) is 4.37. The van der Waals surface area contributed by atoms with Crippen LogP contribution >= 0.6 is 0 Å². The highest BCUT2D eigenvalue weighted by molar-refractivity contribution is 5.64. The second-order valence-corrected chi connectivity index (χ2v) is 4.92. The number of anilines is 1. The molecule has 1 heteroatoms. The maximum absolute atomic E-state index is 2.50. The molecule has 1 aliphatic heterocycles. The van der Waals surface area contributed by atoms with Gasteiger partial charge in [-0.15, -0.1) is 0 Å². The maximum atomic E-state index is 2.50. The number of nitrogens with zero attached hydrogens (tertiary/aromatic N) is 1. The Morgan fingerprint density at radius 1 is 1.36 bits per heavy atom. The normalized spacial score (nSPS) is 34.4. The summed E-state index contributed by atoms with van der Waals surface area (Å²) in [5.41, 5.74) is 3.44. The minimum Gasteiger partial charge on any atom is -0.368 e. The van der Waals surface area contributed by atoms with Crippen LogP contribution in [-0.2, 0) is 0 Å². The molecule has 74 valence electrons. The predicted molar refractivity (Wildman–Crippen MR) is 59.8 cm³/mol. The zero-order valence-electron chi connectivity index (χ0n) is 8.96. The molecule has 0 radical (unpaired) electrons. The molecule has 1 fully saturated rings. The Hall–Kier alpha value is -0.980. The summed E-state index contributed by atoms with van der Waals surface area (Å²) in [7, 11) is 2.25. The molecule has 2 unspecified atom stereocenters. The molecule has 0 saturated heterocycles. The molecule has 0 amide bonds. The van der Waals surface area contributed by atoms with Crippen molar-refractivity contribution < 1.29 is 0 Å². The maximum Gasteiger partial charge on any atom is 0.0440 e. The molecule has 1 heterocycles. The van der Waals surface area contributed by atoms with Gasteiger partial charge in [-0.1, -0.05) is 24.6 Å². The Balaban J connectivity index is 2.18. The number of para-hydroxylation sites is 1. The van der Waals surface area contributed by atoms with Crippen molar-refractivity contribution in [3.63, 3.8) is 0 Å². The Morgan fingerprint density at radius 2 is 2.14 bits per heavy atom. The lowest BCUT2D eigenvalue weighted by atomic mass is 9.87. The van der Waals surface area contributed by atoms with E-state index in [1.807, 2.05) is 0 Å². The van der Waals surface area contributed by atoms with Crippen LogP contribution in [0.4, 0.5) is 5.69 Å². The number of hydrogen-bond acceptors (Lipinski definition) is 1. The lowest BCUT2D eigenvalue weighted by Crippen LogP contribution is -2.40. The first-order valence-electron chi connectivity index (χ1n) is 5.56. The minimum absolute atomic E-state index is 0.406. The number of rotatable bonds is 0. The highest BCUT2D eigenvalue weighted by Crippen LogP contribution is 2.54. The summed E-state index contributed by atoms with van der Waals surface area (Å²) in [5, 5.41) is 0. The summed E-state index contributed by atoms with van der Waals surface area (Å²) in [6.45, 7) is 2.42. The first-order chi connectivity index (χ1) is 6.73. The van der Waals surface area contributed by atoms with Gasteiger partial charge in [-0.3, -0.25) is 0 Å². The average Bonchev–Trinajstić information content (AvgIpc) is 2.67. The molecule has 1 aromatic rings.